The third-order valence-corrected chi connectivity index (χ3v) is 15.8. The first-order valence-corrected chi connectivity index (χ1v) is 24.7. The molecule has 0 radical (unpaired) electrons. The van der Waals surface area contributed by atoms with Crippen molar-refractivity contribution in [2.75, 3.05) is 14.7 Å². The summed E-state index contributed by atoms with van der Waals surface area (Å²) >= 11 is 0. The summed E-state index contributed by atoms with van der Waals surface area (Å²) in [6.07, 6.45) is 0. The van der Waals surface area contributed by atoms with Crippen LogP contribution in [0.3, 0.4) is 0 Å². The van der Waals surface area contributed by atoms with E-state index in [0.29, 0.717) is 0 Å². The van der Waals surface area contributed by atoms with Gasteiger partial charge in [0.2, 0.25) is 0 Å². The highest BCUT2D eigenvalue weighted by Crippen LogP contribution is 2.67. The van der Waals surface area contributed by atoms with Crippen LogP contribution in [0.2, 0.25) is 0 Å². The maximum Gasteiger partial charge on any atom is 0.0755 e. The molecule has 2 aliphatic heterocycles. The molecule has 3 heteroatoms. The number of nitrogens with zero attached hydrogens (tertiary/aromatic N) is 3. The van der Waals surface area contributed by atoms with Crippen LogP contribution in [0.1, 0.15) is 44.5 Å². The Kier molecular flexibility index (Phi) is 8.49. The SMILES string of the molecule is c1ccc(N(c2ccc3c(c2)C2(c4ccccc4-3)c3ccccc3N(c3ccccc3)c3ccccc32)c2cccc3c2-c2ccccc2C32c3ccccc3N(c3ccccc3)c3ccccc32)cc1. The average Bonchev–Trinajstić information content (AvgIpc) is 3.91. The summed E-state index contributed by atoms with van der Waals surface area (Å²) in [6.45, 7) is 0. The summed E-state index contributed by atoms with van der Waals surface area (Å²) in [5.41, 5.74) is 24.5. The van der Waals surface area contributed by atoms with Crippen molar-refractivity contribution in [3.8, 4) is 22.3 Å². The Bertz CT molecular complexity index is 3820. The smallest absolute Gasteiger partial charge is 0.0755 e. The lowest BCUT2D eigenvalue weighted by Gasteiger charge is -2.45. The fraction of sp³-hybridized carbons (Fsp3) is 0.0294. The van der Waals surface area contributed by atoms with Crippen LogP contribution in [-0.2, 0) is 10.8 Å². The summed E-state index contributed by atoms with van der Waals surface area (Å²) in [7, 11) is 0. The molecule has 0 unspecified atom stereocenters. The lowest BCUT2D eigenvalue weighted by atomic mass is 9.64. The number of hydrogen-bond donors (Lipinski definition) is 0. The third-order valence-electron chi connectivity index (χ3n) is 15.8. The fourth-order valence-electron chi connectivity index (χ4n) is 13.3. The third kappa shape index (κ3) is 5.27. The molecule has 332 valence electrons. The normalized spacial score (nSPS) is 14.4. The van der Waals surface area contributed by atoms with Crippen LogP contribution in [0.15, 0.2) is 273 Å². The van der Waals surface area contributed by atoms with E-state index in [9.17, 15) is 0 Å². The number of fused-ring (bicyclic) bond motifs is 18. The molecule has 3 nitrogen and oxygen atoms in total. The molecule has 2 heterocycles. The van der Waals surface area contributed by atoms with Crippen molar-refractivity contribution < 1.29 is 0 Å². The topological polar surface area (TPSA) is 9.72 Å². The van der Waals surface area contributed by atoms with Crippen LogP contribution in [-0.4, -0.2) is 0 Å². The van der Waals surface area contributed by atoms with Crippen molar-refractivity contribution in [3.05, 3.63) is 317 Å². The van der Waals surface area contributed by atoms with Gasteiger partial charge in [-0.25, -0.2) is 0 Å². The first-order chi connectivity index (χ1) is 35.3. The minimum atomic E-state index is -0.599. The molecule has 11 aromatic carbocycles. The summed E-state index contributed by atoms with van der Waals surface area (Å²) < 4.78 is 0. The Morgan fingerprint density at radius 3 is 1.15 bits per heavy atom. The lowest BCUT2D eigenvalue weighted by molar-refractivity contribution is 0.752. The second-order valence-electron chi connectivity index (χ2n) is 19.1. The second kappa shape index (κ2) is 15.2. The molecule has 4 aliphatic rings. The number of rotatable bonds is 5. The molecule has 71 heavy (non-hydrogen) atoms. The summed E-state index contributed by atoms with van der Waals surface area (Å²) in [6, 6.07) is 102. The fourth-order valence-corrected chi connectivity index (χ4v) is 13.3. The van der Waals surface area contributed by atoms with Gasteiger partial charge in [-0.3, -0.25) is 0 Å². The maximum absolute atomic E-state index is 2.53. The van der Waals surface area contributed by atoms with Gasteiger partial charge in [-0.05, 0) is 140 Å². The average molecular weight is 904 g/mol. The molecule has 11 aromatic rings. The Hall–Kier alpha value is -9.18. The zero-order chi connectivity index (χ0) is 46.7. The van der Waals surface area contributed by atoms with Gasteiger partial charge >= 0.3 is 0 Å². The second-order valence-corrected chi connectivity index (χ2v) is 19.1. The van der Waals surface area contributed by atoms with Crippen LogP contribution >= 0.6 is 0 Å². The monoisotopic (exact) mass is 903 g/mol. The molecule has 0 N–H and O–H groups in total. The minimum Gasteiger partial charge on any atom is -0.310 e. The van der Waals surface area contributed by atoms with Crippen molar-refractivity contribution in [2.24, 2.45) is 0 Å². The van der Waals surface area contributed by atoms with Gasteiger partial charge in [-0.1, -0.05) is 194 Å². The molecular weight excluding hydrogens is 859 g/mol. The van der Waals surface area contributed by atoms with Crippen molar-refractivity contribution in [2.45, 2.75) is 10.8 Å². The summed E-state index contributed by atoms with van der Waals surface area (Å²) in [5, 5.41) is 0. The molecular formula is C68H45N3. The Morgan fingerprint density at radius 2 is 0.634 bits per heavy atom. The molecule has 2 aliphatic carbocycles. The van der Waals surface area contributed by atoms with E-state index in [-0.39, 0.29) is 0 Å². The molecule has 0 atom stereocenters. The zero-order valence-electron chi connectivity index (χ0n) is 38.8. The highest BCUT2D eigenvalue weighted by Gasteiger charge is 2.54. The van der Waals surface area contributed by atoms with Gasteiger partial charge in [-0.2, -0.15) is 0 Å². The van der Waals surface area contributed by atoms with Gasteiger partial charge in [-0.15, -0.1) is 0 Å². The largest absolute Gasteiger partial charge is 0.310 e. The van der Waals surface area contributed by atoms with E-state index in [4.69, 9.17) is 0 Å². The van der Waals surface area contributed by atoms with Crippen molar-refractivity contribution in [1.82, 2.24) is 0 Å². The predicted molar refractivity (Wildman–Crippen MR) is 292 cm³/mol. The predicted octanol–water partition coefficient (Wildman–Crippen LogP) is 17.4. The van der Waals surface area contributed by atoms with Crippen LogP contribution in [0, 0.1) is 0 Å². The quantitative estimate of drug-likeness (QED) is 0.170. The van der Waals surface area contributed by atoms with Crippen LogP contribution in [0.25, 0.3) is 22.3 Å². The highest BCUT2D eigenvalue weighted by molar-refractivity contribution is 6.02. The zero-order valence-corrected chi connectivity index (χ0v) is 38.8. The van der Waals surface area contributed by atoms with E-state index in [0.717, 1.165) is 28.4 Å². The molecule has 0 bridgehead atoms. The summed E-state index contributed by atoms with van der Waals surface area (Å²) in [4.78, 5) is 7.44. The van der Waals surface area contributed by atoms with Crippen LogP contribution < -0.4 is 14.7 Å². The van der Waals surface area contributed by atoms with Gasteiger partial charge in [0.1, 0.15) is 0 Å². The molecule has 2 spiro atoms. The number of para-hydroxylation sites is 7. The van der Waals surface area contributed by atoms with Gasteiger partial charge in [0.15, 0.2) is 0 Å². The Morgan fingerprint density at radius 1 is 0.254 bits per heavy atom. The van der Waals surface area contributed by atoms with E-state index >= 15 is 0 Å². The lowest BCUT2D eigenvalue weighted by Crippen LogP contribution is -2.36. The van der Waals surface area contributed by atoms with Crippen LogP contribution in [0.4, 0.5) is 51.2 Å². The van der Waals surface area contributed by atoms with Gasteiger partial charge in [0.25, 0.3) is 0 Å². The molecule has 0 aromatic heterocycles. The van der Waals surface area contributed by atoms with E-state index in [2.05, 4.69) is 288 Å². The van der Waals surface area contributed by atoms with E-state index < -0.39 is 10.8 Å². The molecule has 15 rings (SSSR count). The first kappa shape index (κ1) is 39.8. The van der Waals surface area contributed by atoms with E-state index in [1.807, 2.05) is 0 Å². The Balaban J connectivity index is 1.00. The standard InChI is InChI=1S/C68H45N3/c1-4-23-46(24-5-1)69(49-43-44-51-50-29-10-12-31-53(50)68(60(51)45-49)57-35-16-20-40-63(57)71(48-27-8-3-9-28-48)64-41-21-17-36-58(64)68)65-42-22-37-59-66(65)52-30-11-13-32-54(52)67(59)55-33-14-18-38-61(55)70(47-25-6-2-7-26-47)62-39-19-15-34-56(62)67/h1-45H. The maximum atomic E-state index is 2.53. The Labute approximate surface area is 414 Å². The summed E-state index contributed by atoms with van der Waals surface area (Å²) in [5.74, 6) is 0. The van der Waals surface area contributed by atoms with E-state index in [1.165, 1.54) is 89.5 Å². The van der Waals surface area contributed by atoms with Crippen LogP contribution in [0.5, 0.6) is 0 Å². The minimum absolute atomic E-state index is 0.591. The van der Waals surface area contributed by atoms with Gasteiger partial charge in [0, 0.05) is 28.3 Å². The molecule has 0 amide bonds. The molecule has 0 saturated carbocycles. The first-order valence-electron chi connectivity index (χ1n) is 24.7. The van der Waals surface area contributed by atoms with Gasteiger partial charge < -0.3 is 14.7 Å². The highest BCUT2D eigenvalue weighted by atomic mass is 15.2. The van der Waals surface area contributed by atoms with Gasteiger partial charge in [0.05, 0.1) is 39.3 Å². The van der Waals surface area contributed by atoms with E-state index in [1.54, 1.807) is 0 Å². The molecule has 0 saturated heterocycles. The van der Waals surface area contributed by atoms with Crippen molar-refractivity contribution >= 4 is 51.2 Å². The number of benzene rings is 11. The van der Waals surface area contributed by atoms with Crippen molar-refractivity contribution in [1.29, 1.82) is 0 Å². The molecule has 0 fully saturated rings. The number of anilines is 9. The number of hydrogen-bond acceptors (Lipinski definition) is 3. The van der Waals surface area contributed by atoms with Crippen molar-refractivity contribution in [3.63, 3.8) is 0 Å².